The van der Waals surface area contributed by atoms with Crippen LogP contribution in [0.15, 0.2) is 59.1 Å². The van der Waals surface area contributed by atoms with Gasteiger partial charge in [0.15, 0.2) is 5.78 Å². The van der Waals surface area contributed by atoms with Gasteiger partial charge in [0.1, 0.15) is 0 Å². The molecule has 24 heavy (non-hydrogen) atoms. The highest BCUT2D eigenvalue weighted by atomic mass is 79.9. The van der Waals surface area contributed by atoms with Crippen molar-refractivity contribution in [2.24, 2.45) is 0 Å². The predicted octanol–water partition coefficient (Wildman–Crippen LogP) is 5.63. The van der Waals surface area contributed by atoms with Crippen LogP contribution in [0.4, 0.5) is 5.69 Å². The number of rotatable bonds is 8. The molecule has 2 aromatic rings. The van der Waals surface area contributed by atoms with E-state index < -0.39 is 0 Å². The van der Waals surface area contributed by atoms with Gasteiger partial charge in [-0.25, -0.2) is 0 Å². The van der Waals surface area contributed by atoms with Crippen molar-refractivity contribution in [1.29, 1.82) is 0 Å². The molecule has 0 unspecified atom stereocenters. The summed E-state index contributed by atoms with van der Waals surface area (Å²) in [5, 5.41) is 0. The monoisotopic (exact) mass is 425 g/mol. The van der Waals surface area contributed by atoms with Crippen molar-refractivity contribution in [3.05, 3.63) is 70.2 Å². The quantitative estimate of drug-likeness (QED) is 0.309. The molecule has 2 aromatic carbocycles. The van der Waals surface area contributed by atoms with E-state index in [4.69, 9.17) is 23.2 Å². The van der Waals surface area contributed by atoms with E-state index in [9.17, 15) is 4.79 Å². The third-order valence-corrected chi connectivity index (χ3v) is 4.37. The molecule has 0 saturated heterocycles. The fraction of sp³-hybridized carbons (Fsp3) is 0.211. The molecule has 0 atom stereocenters. The molecule has 0 aliphatic carbocycles. The van der Waals surface area contributed by atoms with Gasteiger partial charge in [0.2, 0.25) is 0 Å². The molecule has 2 nitrogen and oxygen atoms in total. The van der Waals surface area contributed by atoms with E-state index in [1.165, 1.54) is 0 Å². The summed E-state index contributed by atoms with van der Waals surface area (Å²) >= 11 is 15.1. The lowest BCUT2D eigenvalue weighted by Gasteiger charge is -2.23. The van der Waals surface area contributed by atoms with Crippen LogP contribution in [0.3, 0.4) is 0 Å². The highest BCUT2D eigenvalue weighted by Gasteiger charge is 2.08. The Balaban J connectivity index is 2.14. The van der Waals surface area contributed by atoms with Crippen LogP contribution in [0.1, 0.15) is 15.9 Å². The Kier molecular flexibility index (Phi) is 7.83. The number of alkyl halides is 2. The summed E-state index contributed by atoms with van der Waals surface area (Å²) in [5.41, 5.74) is 2.59. The van der Waals surface area contributed by atoms with Gasteiger partial charge in [0.25, 0.3) is 0 Å². The molecule has 0 aliphatic rings. The number of nitrogens with zero attached hydrogens (tertiary/aromatic N) is 1. The van der Waals surface area contributed by atoms with Gasteiger partial charge in [-0.15, -0.1) is 23.2 Å². The van der Waals surface area contributed by atoms with Gasteiger partial charge in [0, 0.05) is 40.6 Å². The number of ketones is 1. The van der Waals surface area contributed by atoms with Gasteiger partial charge >= 0.3 is 0 Å². The summed E-state index contributed by atoms with van der Waals surface area (Å²) in [7, 11) is 0. The SMILES string of the molecule is O=C(/C=C/c1ccc(Br)cc1)c1cccc(N(CCCl)CCCl)c1. The molecule has 0 fully saturated rings. The molecular weight excluding hydrogens is 409 g/mol. The fourth-order valence-electron chi connectivity index (χ4n) is 2.27. The Labute approximate surface area is 161 Å². The molecule has 0 heterocycles. The minimum absolute atomic E-state index is 0.0311. The standard InChI is InChI=1S/C19H18BrCl2NO/c20-17-7-4-15(5-8-17)6-9-19(24)16-2-1-3-18(14-16)23(12-10-21)13-11-22/h1-9,14H,10-13H2/b9-6+. The molecule has 0 bridgehead atoms. The third-order valence-electron chi connectivity index (χ3n) is 3.50. The predicted molar refractivity (Wildman–Crippen MR) is 108 cm³/mol. The summed E-state index contributed by atoms with van der Waals surface area (Å²) in [4.78, 5) is 14.5. The third kappa shape index (κ3) is 5.66. The minimum atomic E-state index is -0.0311. The van der Waals surface area contributed by atoms with E-state index in [1.54, 1.807) is 6.08 Å². The van der Waals surface area contributed by atoms with E-state index in [0.717, 1.165) is 15.7 Å². The van der Waals surface area contributed by atoms with Gasteiger partial charge in [-0.2, -0.15) is 0 Å². The molecule has 0 saturated carbocycles. The van der Waals surface area contributed by atoms with Crippen LogP contribution in [-0.4, -0.2) is 30.6 Å². The van der Waals surface area contributed by atoms with E-state index in [1.807, 2.05) is 54.6 Å². The molecule has 0 radical (unpaired) electrons. The molecule has 2 rings (SSSR count). The first-order valence-corrected chi connectivity index (χ1v) is 9.45. The van der Waals surface area contributed by atoms with Crippen molar-refractivity contribution in [2.75, 3.05) is 29.7 Å². The number of carbonyl (C=O) groups excluding carboxylic acids is 1. The maximum Gasteiger partial charge on any atom is 0.185 e. The number of anilines is 1. The Hall–Kier alpha value is -1.29. The van der Waals surface area contributed by atoms with E-state index >= 15 is 0 Å². The van der Waals surface area contributed by atoms with Crippen molar-refractivity contribution >= 4 is 56.7 Å². The van der Waals surface area contributed by atoms with Crippen LogP contribution < -0.4 is 4.90 Å². The smallest absolute Gasteiger partial charge is 0.185 e. The van der Waals surface area contributed by atoms with Crippen LogP contribution in [0.2, 0.25) is 0 Å². The zero-order chi connectivity index (χ0) is 17.4. The lowest BCUT2D eigenvalue weighted by Crippen LogP contribution is -2.27. The topological polar surface area (TPSA) is 20.3 Å². The maximum absolute atomic E-state index is 12.4. The van der Waals surface area contributed by atoms with Gasteiger partial charge < -0.3 is 4.90 Å². The Morgan fingerprint density at radius 3 is 2.33 bits per heavy atom. The van der Waals surface area contributed by atoms with E-state index in [-0.39, 0.29) is 5.78 Å². The van der Waals surface area contributed by atoms with Crippen LogP contribution >= 0.6 is 39.1 Å². The number of allylic oxidation sites excluding steroid dienone is 1. The molecule has 0 N–H and O–H groups in total. The molecule has 0 spiro atoms. The second kappa shape index (κ2) is 9.87. The van der Waals surface area contributed by atoms with Crippen LogP contribution in [0, 0.1) is 0 Å². The van der Waals surface area contributed by atoms with Crippen LogP contribution in [-0.2, 0) is 0 Å². The lowest BCUT2D eigenvalue weighted by atomic mass is 10.1. The molecular formula is C19H18BrCl2NO. The Morgan fingerprint density at radius 2 is 1.71 bits per heavy atom. The van der Waals surface area contributed by atoms with E-state index in [0.29, 0.717) is 30.4 Å². The average molecular weight is 427 g/mol. The molecule has 0 aromatic heterocycles. The number of hydrogen-bond donors (Lipinski definition) is 0. The summed E-state index contributed by atoms with van der Waals surface area (Å²) in [5.74, 6) is 0.994. The molecule has 0 aliphatic heterocycles. The summed E-state index contributed by atoms with van der Waals surface area (Å²) in [6.07, 6.45) is 3.41. The van der Waals surface area contributed by atoms with Gasteiger partial charge in [-0.05, 0) is 35.9 Å². The van der Waals surface area contributed by atoms with E-state index in [2.05, 4.69) is 20.8 Å². The largest absolute Gasteiger partial charge is 0.369 e. The first kappa shape index (κ1) is 19.0. The highest BCUT2D eigenvalue weighted by Crippen LogP contribution is 2.18. The van der Waals surface area contributed by atoms with Crippen molar-refractivity contribution in [3.63, 3.8) is 0 Å². The lowest BCUT2D eigenvalue weighted by molar-refractivity contribution is 0.104. The normalized spacial score (nSPS) is 11.0. The second-order valence-corrected chi connectivity index (χ2v) is 6.84. The van der Waals surface area contributed by atoms with Crippen molar-refractivity contribution in [3.8, 4) is 0 Å². The number of benzene rings is 2. The van der Waals surface area contributed by atoms with Gasteiger partial charge in [-0.1, -0.05) is 46.3 Å². The minimum Gasteiger partial charge on any atom is -0.369 e. The summed E-state index contributed by atoms with van der Waals surface area (Å²) < 4.78 is 1.01. The second-order valence-electron chi connectivity index (χ2n) is 5.16. The first-order valence-electron chi connectivity index (χ1n) is 7.59. The van der Waals surface area contributed by atoms with Crippen molar-refractivity contribution < 1.29 is 4.79 Å². The van der Waals surface area contributed by atoms with Gasteiger partial charge in [-0.3, -0.25) is 4.79 Å². The summed E-state index contributed by atoms with van der Waals surface area (Å²) in [6.45, 7) is 1.39. The highest BCUT2D eigenvalue weighted by molar-refractivity contribution is 9.10. The molecule has 5 heteroatoms. The average Bonchev–Trinajstić information content (AvgIpc) is 2.61. The summed E-state index contributed by atoms with van der Waals surface area (Å²) in [6, 6.07) is 15.3. The van der Waals surface area contributed by atoms with Crippen LogP contribution in [0.5, 0.6) is 0 Å². The zero-order valence-electron chi connectivity index (χ0n) is 13.1. The Bertz CT molecular complexity index is 695. The molecule has 126 valence electrons. The van der Waals surface area contributed by atoms with Crippen molar-refractivity contribution in [1.82, 2.24) is 0 Å². The van der Waals surface area contributed by atoms with Gasteiger partial charge in [0.05, 0.1) is 0 Å². The maximum atomic E-state index is 12.4. The fourth-order valence-corrected chi connectivity index (χ4v) is 2.94. The number of halogens is 3. The first-order chi connectivity index (χ1) is 11.6. The number of carbonyl (C=O) groups is 1. The van der Waals surface area contributed by atoms with Crippen molar-refractivity contribution in [2.45, 2.75) is 0 Å². The number of hydrogen-bond acceptors (Lipinski definition) is 2. The van der Waals surface area contributed by atoms with Crippen LogP contribution in [0.25, 0.3) is 6.08 Å². The zero-order valence-corrected chi connectivity index (χ0v) is 16.2. The molecule has 0 amide bonds. The Morgan fingerprint density at radius 1 is 1.04 bits per heavy atom.